The first kappa shape index (κ1) is 15.6. The molecule has 1 amide bonds. The van der Waals surface area contributed by atoms with Crippen LogP contribution >= 0.6 is 0 Å². The van der Waals surface area contributed by atoms with Crippen LogP contribution in [0.3, 0.4) is 0 Å². The van der Waals surface area contributed by atoms with Gasteiger partial charge in [0.05, 0.1) is 18.8 Å². The van der Waals surface area contributed by atoms with E-state index in [1.807, 2.05) is 24.3 Å². The summed E-state index contributed by atoms with van der Waals surface area (Å²) in [4.78, 5) is 12.3. The molecule has 1 fully saturated rings. The lowest BCUT2D eigenvalue weighted by atomic mass is 10.1. The van der Waals surface area contributed by atoms with E-state index in [9.17, 15) is 4.79 Å². The number of piperidine rings is 1. The number of carbonyl (C=O) groups is 1. The Morgan fingerprint density at radius 3 is 3.04 bits per heavy atom. The fraction of sp³-hybridized carbons (Fsp3) is 0.438. The van der Waals surface area contributed by atoms with Crippen molar-refractivity contribution in [1.29, 1.82) is 0 Å². The standard InChI is InChI=1S/C16H21N5O2/c1-23-11-12-3-2-4-13(9-12)18-16(22)15-10-21(20-19-15)14-5-7-17-8-6-14/h2-4,9-10,14,17H,5-8,11H2,1H3,(H,18,22). The number of amides is 1. The quantitative estimate of drug-likeness (QED) is 0.876. The summed E-state index contributed by atoms with van der Waals surface area (Å²) < 4.78 is 6.90. The topological polar surface area (TPSA) is 81.1 Å². The van der Waals surface area contributed by atoms with Crippen molar-refractivity contribution in [2.45, 2.75) is 25.5 Å². The van der Waals surface area contributed by atoms with Gasteiger partial charge in [0, 0.05) is 12.8 Å². The molecule has 3 rings (SSSR count). The second kappa shape index (κ2) is 7.34. The maximum Gasteiger partial charge on any atom is 0.277 e. The molecule has 0 aliphatic carbocycles. The smallest absolute Gasteiger partial charge is 0.277 e. The number of ether oxygens (including phenoxy) is 1. The monoisotopic (exact) mass is 315 g/mol. The van der Waals surface area contributed by atoms with Gasteiger partial charge in [-0.05, 0) is 43.6 Å². The van der Waals surface area contributed by atoms with Crippen molar-refractivity contribution in [2.75, 3.05) is 25.5 Å². The fourth-order valence-electron chi connectivity index (χ4n) is 2.73. The number of anilines is 1. The van der Waals surface area contributed by atoms with E-state index in [2.05, 4.69) is 20.9 Å². The molecule has 2 heterocycles. The Kier molecular flexibility index (Phi) is 4.99. The van der Waals surface area contributed by atoms with Crippen LogP contribution < -0.4 is 10.6 Å². The van der Waals surface area contributed by atoms with Crippen LogP contribution in [0, 0.1) is 0 Å². The van der Waals surface area contributed by atoms with Crippen LogP contribution in [0.2, 0.25) is 0 Å². The Balaban J connectivity index is 1.66. The molecule has 2 N–H and O–H groups in total. The highest BCUT2D eigenvalue weighted by atomic mass is 16.5. The second-order valence-electron chi connectivity index (χ2n) is 5.65. The van der Waals surface area contributed by atoms with E-state index in [1.165, 1.54) is 0 Å². The highest BCUT2D eigenvalue weighted by Crippen LogP contribution is 2.18. The lowest BCUT2D eigenvalue weighted by molar-refractivity contribution is 0.102. The zero-order chi connectivity index (χ0) is 16.1. The SMILES string of the molecule is COCc1cccc(NC(=O)c2cn(C3CCNCC3)nn2)c1. The molecular formula is C16H21N5O2. The number of rotatable bonds is 5. The summed E-state index contributed by atoms with van der Waals surface area (Å²) >= 11 is 0. The van der Waals surface area contributed by atoms with E-state index in [0.29, 0.717) is 18.3 Å². The summed E-state index contributed by atoms with van der Waals surface area (Å²) in [5, 5.41) is 14.3. The molecule has 0 saturated carbocycles. The molecule has 0 spiro atoms. The van der Waals surface area contributed by atoms with Crippen LogP contribution in [0.5, 0.6) is 0 Å². The fourth-order valence-corrected chi connectivity index (χ4v) is 2.73. The molecule has 1 aromatic heterocycles. The molecule has 1 aliphatic rings. The van der Waals surface area contributed by atoms with E-state index >= 15 is 0 Å². The predicted octanol–water partition coefficient (Wildman–Crippen LogP) is 1.60. The van der Waals surface area contributed by atoms with Crippen LogP contribution in [0.4, 0.5) is 5.69 Å². The van der Waals surface area contributed by atoms with Crippen LogP contribution in [-0.2, 0) is 11.3 Å². The molecule has 7 nitrogen and oxygen atoms in total. The Bertz CT molecular complexity index is 664. The molecule has 0 bridgehead atoms. The number of hydrogen-bond donors (Lipinski definition) is 2. The third-order valence-electron chi connectivity index (χ3n) is 3.92. The molecule has 1 aliphatic heterocycles. The van der Waals surface area contributed by atoms with Crippen molar-refractivity contribution >= 4 is 11.6 Å². The predicted molar refractivity (Wildman–Crippen MR) is 86.3 cm³/mol. The Morgan fingerprint density at radius 2 is 2.26 bits per heavy atom. The zero-order valence-electron chi connectivity index (χ0n) is 13.2. The molecule has 1 saturated heterocycles. The lowest BCUT2D eigenvalue weighted by Crippen LogP contribution is -2.29. The maximum absolute atomic E-state index is 12.3. The first-order valence-electron chi connectivity index (χ1n) is 7.78. The average Bonchev–Trinajstić information content (AvgIpc) is 3.06. The Labute approximate surface area is 135 Å². The largest absolute Gasteiger partial charge is 0.380 e. The summed E-state index contributed by atoms with van der Waals surface area (Å²) in [6, 6.07) is 7.88. The lowest BCUT2D eigenvalue weighted by Gasteiger charge is -2.22. The van der Waals surface area contributed by atoms with Gasteiger partial charge < -0.3 is 15.4 Å². The molecule has 7 heteroatoms. The molecule has 0 atom stereocenters. The van der Waals surface area contributed by atoms with Crippen molar-refractivity contribution in [2.24, 2.45) is 0 Å². The highest BCUT2D eigenvalue weighted by molar-refractivity contribution is 6.02. The molecule has 2 aromatic rings. The number of carbonyl (C=O) groups excluding carboxylic acids is 1. The Morgan fingerprint density at radius 1 is 1.43 bits per heavy atom. The minimum Gasteiger partial charge on any atom is -0.380 e. The maximum atomic E-state index is 12.3. The summed E-state index contributed by atoms with van der Waals surface area (Å²) in [6.07, 6.45) is 3.73. The summed E-state index contributed by atoms with van der Waals surface area (Å²) in [5.41, 5.74) is 2.06. The number of nitrogens with one attached hydrogen (secondary N) is 2. The van der Waals surface area contributed by atoms with Gasteiger partial charge in [-0.3, -0.25) is 4.79 Å². The number of nitrogens with zero attached hydrogens (tertiary/aromatic N) is 3. The van der Waals surface area contributed by atoms with Crippen molar-refractivity contribution < 1.29 is 9.53 Å². The number of aromatic nitrogens is 3. The normalized spacial score (nSPS) is 15.5. The van der Waals surface area contributed by atoms with Gasteiger partial charge in [0.25, 0.3) is 5.91 Å². The van der Waals surface area contributed by atoms with Gasteiger partial charge in [-0.25, -0.2) is 4.68 Å². The third-order valence-corrected chi connectivity index (χ3v) is 3.92. The van der Waals surface area contributed by atoms with Gasteiger partial charge in [0.1, 0.15) is 0 Å². The van der Waals surface area contributed by atoms with E-state index in [1.54, 1.807) is 18.0 Å². The highest BCUT2D eigenvalue weighted by Gasteiger charge is 2.18. The van der Waals surface area contributed by atoms with Gasteiger partial charge in [0.15, 0.2) is 5.69 Å². The summed E-state index contributed by atoms with van der Waals surface area (Å²) in [6.45, 7) is 2.45. The number of benzene rings is 1. The van der Waals surface area contributed by atoms with Crippen molar-refractivity contribution in [3.63, 3.8) is 0 Å². The molecule has 0 radical (unpaired) electrons. The van der Waals surface area contributed by atoms with Crippen molar-refractivity contribution in [3.05, 3.63) is 41.7 Å². The molecule has 0 unspecified atom stereocenters. The van der Waals surface area contributed by atoms with Gasteiger partial charge >= 0.3 is 0 Å². The van der Waals surface area contributed by atoms with E-state index in [0.717, 1.165) is 37.2 Å². The van der Waals surface area contributed by atoms with Gasteiger partial charge in [0.2, 0.25) is 0 Å². The molecular weight excluding hydrogens is 294 g/mol. The van der Waals surface area contributed by atoms with E-state index < -0.39 is 0 Å². The van der Waals surface area contributed by atoms with Crippen LogP contribution in [0.25, 0.3) is 0 Å². The average molecular weight is 315 g/mol. The number of methoxy groups -OCH3 is 1. The second-order valence-corrected chi connectivity index (χ2v) is 5.65. The first-order valence-corrected chi connectivity index (χ1v) is 7.78. The first-order chi connectivity index (χ1) is 11.3. The van der Waals surface area contributed by atoms with Crippen LogP contribution in [0.15, 0.2) is 30.5 Å². The number of hydrogen-bond acceptors (Lipinski definition) is 5. The zero-order valence-corrected chi connectivity index (χ0v) is 13.2. The third kappa shape index (κ3) is 3.94. The van der Waals surface area contributed by atoms with Crippen LogP contribution in [0.1, 0.15) is 34.9 Å². The summed E-state index contributed by atoms with van der Waals surface area (Å²) in [5.74, 6) is -0.250. The van der Waals surface area contributed by atoms with Gasteiger partial charge in [-0.2, -0.15) is 0 Å². The van der Waals surface area contributed by atoms with E-state index in [4.69, 9.17) is 4.74 Å². The van der Waals surface area contributed by atoms with Gasteiger partial charge in [-0.15, -0.1) is 5.10 Å². The molecule has 23 heavy (non-hydrogen) atoms. The minimum absolute atomic E-state index is 0.250. The van der Waals surface area contributed by atoms with E-state index in [-0.39, 0.29) is 5.91 Å². The van der Waals surface area contributed by atoms with Crippen molar-refractivity contribution in [3.8, 4) is 0 Å². The van der Waals surface area contributed by atoms with Crippen LogP contribution in [-0.4, -0.2) is 41.1 Å². The minimum atomic E-state index is -0.250. The molecule has 1 aromatic carbocycles. The van der Waals surface area contributed by atoms with Crippen molar-refractivity contribution in [1.82, 2.24) is 20.3 Å². The Hall–Kier alpha value is -2.25. The molecule has 122 valence electrons. The van der Waals surface area contributed by atoms with Gasteiger partial charge in [-0.1, -0.05) is 17.3 Å². The summed E-state index contributed by atoms with van der Waals surface area (Å²) in [7, 11) is 1.64.